The third-order valence-electron chi connectivity index (χ3n) is 5.31. The summed E-state index contributed by atoms with van der Waals surface area (Å²) >= 11 is 1.75. The van der Waals surface area contributed by atoms with Crippen LogP contribution in [0.25, 0.3) is 0 Å². The van der Waals surface area contributed by atoms with Gasteiger partial charge in [0.2, 0.25) is 5.91 Å². The number of hydrogen-bond donors (Lipinski definition) is 1. The zero-order chi connectivity index (χ0) is 14.8. The van der Waals surface area contributed by atoms with Gasteiger partial charge in [-0.15, -0.1) is 11.8 Å². The molecule has 1 aromatic rings. The number of hydrogen-bond acceptors (Lipinski definition) is 3. The predicted molar refractivity (Wildman–Crippen MR) is 85.1 cm³/mol. The van der Waals surface area contributed by atoms with Crippen LogP contribution in [0.15, 0.2) is 29.2 Å². The summed E-state index contributed by atoms with van der Waals surface area (Å²) in [5.74, 6) is 0.331. The fourth-order valence-electron chi connectivity index (χ4n) is 3.51. The van der Waals surface area contributed by atoms with Crippen molar-refractivity contribution in [2.45, 2.75) is 55.8 Å². The number of benzene rings is 1. The lowest BCUT2D eigenvalue weighted by atomic mass is 10.1. The Balaban J connectivity index is 1.67. The van der Waals surface area contributed by atoms with Gasteiger partial charge in [-0.3, -0.25) is 10.1 Å². The van der Waals surface area contributed by atoms with Gasteiger partial charge in [0, 0.05) is 10.9 Å². The quantitative estimate of drug-likeness (QED) is 0.871. The number of carbonyl (C=O) groups excluding carboxylic acids is 1. The van der Waals surface area contributed by atoms with E-state index in [1.807, 2.05) is 0 Å². The number of thioether (sulfide) groups is 1. The fourth-order valence-corrected chi connectivity index (χ4v) is 3.91. The molecule has 2 saturated carbocycles. The average Bonchev–Trinajstić information content (AvgIpc) is 3.34. The van der Waals surface area contributed by atoms with Crippen LogP contribution in [-0.2, 0) is 4.79 Å². The Kier molecular flexibility index (Phi) is 2.77. The molecule has 21 heavy (non-hydrogen) atoms. The van der Waals surface area contributed by atoms with E-state index in [1.165, 1.54) is 10.5 Å². The molecule has 112 valence electrons. The van der Waals surface area contributed by atoms with Crippen molar-refractivity contribution in [3.8, 4) is 0 Å². The molecule has 1 saturated heterocycles. The monoisotopic (exact) mass is 302 g/mol. The van der Waals surface area contributed by atoms with Gasteiger partial charge in [-0.2, -0.15) is 0 Å². The third kappa shape index (κ3) is 2.03. The Hall–Kier alpha value is -1.00. The van der Waals surface area contributed by atoms with Crippen molar-refractivity contribution in [1.29, 1.82) is 0 Å². The van der Waals surface area contributed by atoms with Crippen LogP contribution in [0.2, 0.25) is 0 Å². The van der Waals surface area contributed by atoms with E-state index in [0.717, 1.165) is 19.3 Å². The van der Waals surface area contributed by atoms with E-state index < -0.39 is 0 Å². The number of carbonyl (C=O) groups is 1. The van der Waals surface area contributed by atoms with Crippen LogP contribution in [0.3, 0.4) is 0 Å². The SMILES string of the molecule is CSc1ccc(C2NC3(CC3)C(=O)N2C2CC2(C)C)cc1. The summed E-state index contributed by atoms with van der Waals surface area (Å²) in [6, 6.07) is 9.03. The highest BCUT2D eigenvalue weighted by Gasteiger charge is 2.65. The van der Waals surface area contributed by atoms with Gasteiger partial charge in [0.15, 0.2) is 0 Å². The molecule has 3 aliphatic rings. The minimum Gasteiger partial charge on any atom is -0.318 e. The number of nitrogens with one attached hydrogen (secondary N) is 1. The molecule has 4 heteroatoms. The summed E-state index contributed by atoms with van der Waals surface area (Å²) in [6.07, 6.45) is 5.26. The first kappa shape index (κ1) is 13.6. The van der Waals surface area contributed by atoms with Crippen LogP contribution in [-0.4, -0.2) is 28.6 Å². The Morgan fingerprint density at radius 3 is 2.33 bits per heavy atom. The van der Waals surface area contributed by atoms with Gasteiger partial charge in [0.05, 0.1) is 0 Å². The van der Waals surface area contributed by atoms with Gasteiger partial charge < -0.3 is 4.90 Å². The molecule has 0 radical (unpaired) electrons. The van der Waals surface area contributed by atoms with Crippen LogP contribution in [0.1, 0.15) is 44.8 Å². The highest BCUT2D eigenvalue weighted by molar-refractivity contribution is 7.98. The molecule has 4 rings (SSSR count). The van der Waals surface area contributed by atoms with Crippen molar-refractivity contribution in [2.24, 2.45) is 5.41 Å². The molecule has 1 heterocycles. The average molecular weight is 302 g/mol. The summed E-state index contributed by atoms with van der Waals surface area (Å²) in [5.41, 5.74) is 1.25. The van der Waals surface area contributed by atoms with Crippen molar-refractivity contribution in [1.82, 2.24) is 10.2 Å². The summed E-state index contributed by atoms with van der Waals surface area (Å²) in [6.45, 7) is 4.52. The molecule has 1 spiro atoms. The third-order valence-corrected chi connectivity index (χ3v) is 6.06. The molecular formula is C17H22N2OS. The number of rotatable bonds is 3. The Morgan fingerprint density at radius 2 is 1.86 bits per heavy atom. The van der Waals surface area contributed by atoms with Gasteiger partial charge in [0.1, 0.15) is 11.7 Å². The molecule has 2 atom stereocenters. The van der Waals surface area contributed by atoms with Gasteiger partial charge in [0.25, 0.3) is 0 Å². The van der Waals surface area contributed by atoms with E-state index in [0.29, 0.717) is 11.9 Å². The van der Waals surface area contributed by atoms with Crippen LogP contribution in [0, 0.1) is 5.41 Å². The maximum absolute atomic E-state index is 12.8. The van der Waals surface area contributed by atoms with Gasteiger partial charge in [-0.1, -0.05) is 26.0 Å². The van der Waals surface area contributed by atoms with E-state index in [4.69, 9.17) is 0 Å². The molecule has 3 fully saturated rings. The van der Waals surface area contributed by atoms with Crippen molar-refractivity contribution >= 4 is 17.7 Å². The van der Waals surface area contributed by atoms with Crippen LogP contribution < -0.4 is 5.32 Å². The van der Waals surface area contributed by atoms with E-state index in [1.54, 1.807) is 11.8 Å². The van der Waals surface area contributed by atoms with E-state index >= 15 is 0 Å². The zero-order valence-electron chi connectivity index (χ0n) is 12.8. The Bertz CT molecular complexity index is 591. The highest BCUT2D eigenvalue weighted by atomic mass is 32.2. The van der Waals surface area contributed by atoms with Gasteiger partial charge >= 0.3 is 0 Å². The van der Waals surface area contributed by atoms with Gasteiger partial charge in [-0.05, 0) is 48.6 Å². The highest BCUT2D eigenvalue weighted by Crippen LogP contribution is 2.56. The first-order chi connectivity index (χ1) is 9.97. The maximum Gasteiger partial charge on any atom is 0.244 e. The standard InChI is InChI=1S/C17H22N2OS/c1-16(2)10-13(16)19-14(18-17(8-9-17)15(19)20)11-4-6-12(21-3)7-5-11/h4-7,13-14,18H,8-10H2,1-3H3. The van der Waals surface area contributed by atoms with E-state index in [2.05, 4.69) is 54.6 Å². The van der Waals surface area contributed by atoms with Gasteiger partial charge in [-0.25, -0.2) is 0 Å². The zero-order valence-corrected chi connectivity index (χ0v) is 13.7. The second-order valence-electron chi connectivity index (χ2n) is 7.32. The lowest BCUT2D eigenvalue weighted by Gasteiger charge is -2.26. The predicted octanol–water partition coefficient (Wildman–Crippen LogP) is 3.17. The lowest BCUT2D eigenvalue weighted by molar-refractivity contribution is -0.131. The van der Waals surface area contributed by atoms with Crippen molar-refractivity contribution in [2.75, 3.05) is 6.26 Å². The topological polar surface area (TPSA) is 32.3 Å². The number of amides is 1. The molecule has 1 aliphatic heterocycles. The second kappa shape index (κ2) is 4.26. The summed E-state index contributed by atoms with van der Waals surface area (Å²) in [4.78, 5) is 16.2. The molecule has 1 aromatic carbocycles. The van der Waals surface area contributed by atoms with Crippen molar-refractivity contribution in [3.63, 3.8) is 0 Å². The molecule has 1 amide bonds. The minimum absolute atomic E-state index is 0.0580. The molecule has 3 nitrogen and oxygen atoms in total. The van der Waals surface area contributed by atoms with E-state index in [-0.39, 0.29) is 17.1 Å². The summed E-state index contributed by atoms with van der Waals surface area (Å²) in [7, 11) is 0. The molecule has 2 unspecified atom stereocenters. The molecule has 0 bridgehead atoms. The molecule has 1 N–H and O–H groups in total. The van der Waals surface area contributed by atoms with Crippen molar-refractivity contribution < 1.29 is 4.79 Å². The van der Waals surface area contributed by atoms with Crippen LogP contribution in [0.5, 0.6) is 0 Å². The Morgan fingerprint density at radius 1 is 1.24 bits per heavy atom. The minimum atomic E-state index is -0.235. The summed E-state index contributed by atoms with van der Waals surface area (Å²) < 4.78 is 0. The second-order valence-corrected chi connectivity index (χ2v) is 8.20. The Labute approximate surface area is 130 Å². The smallest absolute Gasteiger partial charge is 0.244 e. The summed E-state index contributed by atoms with van der Waals surface area (Å²) in [5, 5.41) is 3.62. The molecular weight excluding hydrogens is 280 g/mol. The first-order valence-electron chi connectivity index (χ1n) is 7.71. The maximum atomic E-state index is 12.8. The normalized spacial score (nSPS) is 31.8. The lowest BCUT2D eigenvalue weighted by Crippen LogP contribution is -2.35. The fraction of sp³-hybridized carbons (Fsp3) is 0.588. The van der Waals surface area contributed by atoms with E-state index in [9.17, 15) is 4.79 Å². The first-order valence-corrected chi connectivity index (χ1v) is 8.94. The van der Waals surface area contributed by atoms with Crippen LogP contribution in [0.4, 0.5) is 0 Å². The number of nitrogens with zero attached hydrogens (tertiary/aromatic N) is 1. The van der Waals surface area contributed by atoms with Crippen molar-refractivity contribution in [3.05, 3.63) is 29.8 Å². The largest absolute Gasteiger partial charge is 0.318 e. The molecule has 0 aromatic heterocycles. The van der Waals surface area contributed by atoms with Crippen LogP contribution >= 0.6 is 11.8 Å². The molecule has 2 aliphatic carbocycles.